The highest BCUT2D eigenvalue weighted by atomic mass is 31.2. The fourth-order valence-electron chi connectivity index (χ4n) is 7.90. The maximum atomic E-state index is 12.9. The van der Waals surface area contributed by atoms with E-state index in [4.69, 9.17) is 23.3 Å². The molecule has 0 rings (SSSR count). The number of carbonyl (C=O) groups is 3. The highest BCUT2D eigenvalue weighted by Crippen LogP contribution is 2.43. The van der Waals surface area contributed by atoms with Gasteiger partial charge >= 0.3 is 25.7 Å². The summed E-state index contributed by atoms with van der Waals surface area (Å²) in [4.78, 5) is 48.5. The van der Waals surface area contributed by atoms with Gasteiger partial charge in [-0.1, -0.05) is 217 Å². The Morgan fingerprint density at radius 1 is 0.414 bits per heavy atom. The average Bonchev–Trinajstić information content (AvgIpc) is 3.35. The number of hydrogen-bond donors (Lipinski definition) is 2. The third-order valence-corrected chi connectivity index (χ3v) is 13.2. The van der Waals surface area contributed by atoms with Gasteiger partial charge in [-0.05, 0) is 77.0 Å². The molecular formula is C58H105O11P. The third kappa shape index (κ3) is 50.4. The van der Waals surface area contributed by atoms with Crippen molar-refractivity contribution >= 4 is 25.7 Å². The molecule has 0 aliphatic carbocycles. The summed E-state index contributed by atoms with van der Waals surface area (Å²) < 4.78 is 39.5. The molecule has 0 fully saturated rings. The van der Waals surface area contributed by atoms with Gasteiger partial charge in [0.05, 0.1) is 19.8 Å². The van der Waals surface area contributed by atoms with Gasteiger partial charge in [0.1, 0.15) is 12.7 Å². The number of aliphatic hydroxyl groups is 1. The van der Waals surface area contributed by atoms with E-state index in [9.17, 15) is 28.9 Å². The molecule has 0 aromatic heterocycles. The van der Waals surface area contributed by atoms with Crippen molar-refractivity contribution in [2.75, 3.05) is 26.4 Å². The van der Waals surface area contributed by atoms with Crippen LogP contribution in [0.4, 0.5) is 0 Å². The molecule has 0 heterocycles. The Morgan fingerprint density at radius 3 is 1.17 bits per heavy atom. The van der Waals surface area contributed by atoms with Crippen LogP contribution in [0.25, 0.3) is 0 Å². The Hall–Kier alpha value is -2.56. The van der Waals surface area contributed by atoms with E-state index in [1.807, 2.05) is 0 Å². The highest BCUT2D eigenvalue weighted by molar-refractivity contribution is 7.47. The Bertz CT molecular complexity index is 1360. The number of rotatable bonds is 53. The zero-order chi connectivity index (χ0) is 51.3. The molecule has 0 radical (unpaired) electrons. The van der Waals surface area contributed by atoms with Crippen LogP contribution < -0.4 is 0 Å². The lowest BCUT2D eigenvalue weighted by atomic mass is 10.0. The van der Waals surface area contributed by atoms with E-state index in [0.29, 0.717) is 19.3 Å². The highest BCUT2D eigenvalue weighted by Gasteiger charge is 2.28. The molecule has 0 saturated carbocycles. The van der Waals surface area contributed by atoms with Crippen molar-refractivity contribution in [3.63, 3.8) is 0 Å². The lowest BCUT2D eigenvalue weighted by Gasteiger charge is -2.21. The predicted octanol–water partition coefficient (Wildman–Crippen LogP) is 16.6. The zero-order valence-electron chi connectivity index (χ0n) is 45.0. The van der Waals surface area contributed by atoms with Crippen molar-refractivity contribution in [3.05, 3.63) is 48.6 Å². The quantitative estimate of drug-likeness (QED) is 0.0197. The first-order chi connectivity index (χ1) is 34.2. The van der Waals surface area contributed by atoms with Crippen LogP contribution in [0.5, 0.6) is 0 Å². The fraction of sp³-hybridized carbons (Fsp3) is 0.810. The number of ether oxygens (including phenoxy) is 3. The molecule has 0 spiro atoms. The van der Waals surface area contributed by atoms with Crippen LogP contribution in [0.1, 0.15) is 265 Å². The molecule has 0 bridgehead atoms. The van der Waals surface area contributed by atoms with Gasteiger partial charge in [0, 0.05) is 19.3 Å². The van der Waals surface area contributed by atoms with E-state index in [0.717, 1.165) is 109 Å². The number of aliphatic hydroxyl groups excluding tert-OH is 1. The number of esters is 3. The minimum Gasteiger partial charge on any atom is -0.462 e. The second-order valence-electron chi connectivity index (χ2n) is 19.1. The molecule has 70 heavy (non-hydrogen) atoms. The Morgan fingerprint density at radius 2 is 0.743 bits per heavy atom. The molecule has 12 heteroatoms. The standard InChI is InChI=1S/C58H105O11P/c1-4-7-10-13-16-19-22-25-27-30-33-36-39-42-45-48-57(61)68-54(50-59)52-66-70(63,64)67-53-55(51-65-56(60)47-44-41-38-35-32-29-24-21-18-15-12-9-6-3)69-58(62)49-46-43-40-37-34-31-28-26-23-20-17-14-11-8-5-2/h8,11,17,20-21,24,26,28,54-55,59H,4-7,9-10,12-16,18-19,22-23,25,27,29-53H2,1-3H3,(H,63,64)/b11-8-,20-17-,24-21-,28-26-. The van der Waals surface area contributed by atoms with Crippen LogP contribution in [0.3, 0.4) is 0 Å². The molecule has 2 N–H and O–H groups in total. The number of phosphoric acid groups is 1. The molecule has 0 saturated heterocycles. The summed E-state index contributed by atoms with van der Waals surface area (Å²) in [5.41, 5.74) is 0. The average molecular weight is 1010 g/mol. The van der Waals surface area contributed by atoms with Crippen LogP contribution >= 0.6 is 7.82 Å². The van der Waals surface area contributed by atoms with Crippen molar-refractivity contribution in [3.8, 4) is 0 Å². The maximum absolute atomic E-state index is 12.9. The molecule has 0 aliphatic rings. The zero-order valence-corrected chi connectivity index (χ0v) is 45.9. The smallest absolute Gasteiger partial charge is 0.462 e. The molecule has 0 aromatic carbocycles. The normalized spacial score (nSPS) is 13.7. The summed E-state index contributed by atoms with van der Waals surface area (Å²) in [6.07, 6.45) is 54.9. The minimum atomic E-state index is -4.75. The van der Waals surface area contributed by atoms with Crippen molar-refractivity contribution in [1.82, 2.24) is 0 Å². The van der Waals surface area contributed by atoms with E-state index in [1.54, 1.807) is 0 Å². The Balaban J connectivity index is 4.71. The summed E-state index contributed by atoms with van der Waals surface area (Å²) >= 11 is 0. The van der Waals surface area contributed by atoms with Gasteiger partial charge in [-0.25, -0.2) is 4.57 Å². The number of unbranched alkanes of at least 4 members (excludes halogenated alkanes) is 28. The first kappa shape index (κ1) is 67.4. The van der Waals surface area contributed by atoms with Crippen molar-refractivity contribution in [2.45, 2.75) is 277 Å². The molecular weight excluding hydrogens is 904 g/mol. The maximum Gasteiger partial charge on any atom is 0.472 e. The monoisotopic (exact) mass is 1010 g/mol. The van der Waals surface area contributed by atoms with Gasteiger partial charge in [0.2, 0.25) is 0 Å². The largest absolute Gasteiger partial charge is 0.472 e. The van der Waals surface area contributed by atoms with Crippen LogP contribution in [0.15, 0.2) is 48.6 Å². The van der Waals surface area contributed by atoms with Crippen LogP contribution in [0.2, 0.25) is 0 Å². The predicted molar refractivity (Wildman–Crippen MR) is 289 cm³/mol. The Kier molecular flexibility index (Phi) is 50.8. The molecule has 0 amide bonds. The van der Waals surface area contributed by atoms with Gasteiger partial charge in [0.25, 0.3) is 0 Å². The van der Waals surface area contributed by atoms with Crippen molar-refractivity contribution in [1.29, 1.82) is 0 Å². The summed E-state index contributed by atoms with van der Waals surface area (Å²) in [6, 6.07) is 0. The molecule has 3 unspecified atom stereocenters. The first-order valence-electron chi connectivity index (χ1n) is 28.5. The van der Waals surface area contributed by atoms with E-state index in [2.05, 4.69) is 69.4 Å². The molecule has 3 atom stereocenters. The van der Waals surface area contributed by atoms with E-state index < -0.39 is 57.8 Å². The summed E-state index contributed by atoms with van der Waals surface area (Å²) in [7, 11) is -4.75. The van der Waals surface area contributed by atoms with E-state index in [1.165, 1.54) is 96.3 Å². The van der Waals surface area contributed by atoms with Gasteiger partial charge in [-0.15, -0.1) is 0 Å². The van der Waals surface area contributed by atoms with Gasteiger partial charge < -0.3 is 24.2 Å². The Labute approximate surface area is 428 Å². The van der Waals surface area contributed by atoms with Crippen LogP contribution in [-0.4, -0.2) is 66.5 Å². The van der Waals surface area contributed by atoms with Gasteiger partial charge in [-0.2, -0.15) is 0 Å². The number of carbonyl (C=O) groups excluding carboxylic acids is 3. The second-order valence-corrected chi connectivity index (χ2v) is 20.5. The molecule has 0 aliphatic heterocycles. The lowest BCUT2D eigenvalue weighted by molar-refractivity contribution is -0.161. The van der Waals surface area contributed by atoms with Gasteiger partial charge in [-0.3, -0.25) is 23.4 Å². The molecule has 0 aromatic rings. The summed E-state index contributed by atoms with van der Waals surface area (Å²) in [5.74, 6) is -1.48. The first-order valence-corrected chi connectivity index (χ1v) is 30.0. The summed E-state index contributed by atoms with van der Waals surface area (Å²) in [6.45, 7) is 4.51. The topological polar surface area (TPSA) is 155 Å². The lowest BCUT2D eigenvalue weighted by Crippen LogP contribution is -2.30. The molecule has 11 nitrogen and oxygen atoms in total. The SMILES string of the molecule is CC/C=C\C/C=C\C/C=C\CCCCCCCC(=O)OC(COC(=O)CCCCCCC/C=C\CCCCCC)COP(=O)(O)OCC(CO)OC(=O)CCCCCCCCCCCCCCCCC. The van der Waals surface area contributed by atoms with Gasteiger partial charge in [0.15, 0.2) is 6.10 Å². The number of phosphoric ester groups is 1. The minimum absolute atomic E-state index is 0.148. The number of allylic oxidation sites excluding steroid dienone is 8. The number of hydrogen-bond acceptors (Lipinski definition) is 10. The second kappa shape index (κ2) is 52.8. The summed E-state index contributed by atoms with van der Waals surface area (Å²) in [5, 5.41) is 9.81. The molecule has 408 valence electrons. The third-order valence-electron chi connectivity index (χ3n) is 12.2. The fourth-order valence-corrected chi connectivity index (χ4v) is 8.68. The van der Waals surface area contributed by atoms with E-state index >= 15 is 0 Å². The van der Waals surface area contributed by atoms with Crippen LogP contribution in [0, 0.1) is 0 Å². The van der Waals surface area contributed by atoms with Crippen molar-refractivity contribution < 1.29 is 52.2 Å². The van der Waals surface area contributed by atoms with E-state index in [-0.39, 0.29) is 25.9 Å². The van der Waals surface area contributed by atoms with Crippen molar-refractivity contribution in [2.24, 2.45) is 0 Å². The van der Waals surface area contributed by atoms with Crippen LogP contribution in [-0.2, 0) is 42.2 Å².